The van der Waals surface area contributed by atoms with Gasteiger partial charge < -0.3 is 5.32 Å². The van der Waals surface area contributed by atoms with Gasteiger partial charge in [0.15, 0.2) is 0 Å². The van der Waals surface area contributed by atoms with E-state index in [0.717, 1.165) is 12.3 Å². The average Bonchev–Trinajstić information content (AvgIpc) is 2.70. The van der Waals surface area contributed by atoms with Gasteiger partial charge in [-0.05, 0) is 60.9 Å². The first-order valence-electron chi connectivity index (χ1n) is 9.43. The fourth-order valence-corrected chi connectivity index (χ4v) is 4.31. The maximum absolute atomic E-state index is 3.63. The van der Waals surface area contributed by atoms with Crippen molar-refractivity contribution in [3.63, 3.8) is 0 Å². The van der Waals surface area contributed by atoms with E-state index in [1.165, 1.54) is 41.5 Å². The first-order valence-corrected chi connectivity index (χ1v) is 9.43. The molecule has 2 aromatic carbocycles. The Hall–Kier alpha value is -1.60. The Morgan fingerprint density at radius 2 is 1.71 bits per heavy atom. The summed E-state index contributed by atoms with van der Waals surface area (Å²) in [5, 5.41) is 3.63. The topological polar surface area (TPSA) is 12.0 Å². The summed E-state index contributed by atoms with van der Waals surface area (Å²) in [7, 11) is 2.09. The summed E-state index contributed by atoms with van der Waals surface area (Å²) in [6.07, 6.45) is 5.07. The molecule has 1 nitrogen and oxygen atoms in total. The quantitative estimate of drug-likeness (QED) is 0.752. The molecule has 3 rings (SSSR count). The van der Waals surface area contributed by atoms with Gasteiger partial charge in [-0.15, -0.1) is 0 Å². The van der Waals surface area contributed by atoms with Crippen molar-refractivity contribution in [1.29, 1.82) is 0 Å². The molecule has 1 heteroatoms. The van der Waals surface area contributed by atoms with E-state index in [9.17, 15) is 0 Å². The molecule has 0 bridgehead atoms. The summed E-state index contributed by atoms with van der Waals surface area (Å²) in [5.41, 5.74) is 5.81. The highest BCUT2D eigenvalue weighted by atomic mass is 14.9. The second-order valence-electron chi connectivity index (χ2n) is 7.85. The van der Waals surface area contributed by atoms with Crippen molar-refractivity contribution in [2.24, 2.45) is 5.92 Å². The van der Waals surface area contributed by atoms with Crippen molar-refractivity contribution in [2.75, 3.05) is 7.05 Å². The first-order chi connectivity index (χ1) is 11.6. The van der Waals surface area contributed by atoms with Gasteiger partial charge in [-0.25, -0.2) is 0 Å². The summed E-state index contributed by atoms with van der Waals surface area (Å²) in [6.45, 7) is 6.99. The zero-order valence-corrected chi connectivity index (χ0v) is 15.6. The summed E-state index contributed by atoms with van der Waals surface area (Å²) in [5.74, 6) is 1.41. The predicted molar refractivity (Wildman–Crippen MR) is 104 cm³/mol. The van der Waals surface area contributed by atoms with Gasteiger partial charge >= 0.3 is 0 Å². The molecule has 0 saturated carbocycles. The summed E-state index contributed by atoms with van der Waals surface area (Å²) >= 11 is 0. The molecule has 24 heavy (non-hydrogen) atoms. The fourth-order valence-electron chi connectivity index (χ4n) is 4.31. The normalized spacial score (nSPS) is 22.8. The van der Waals surface area contributed by atoms with Gasteiger partial charge in [0.1, 0.15) is 0 Å². The van der Waals surface area contributed by atoms with Gasteiger partial charge in [-0.3, -0.25) is 0 Å². The maximum atomic E-state index is 3.63. The van der Waals surface area contributed by atoms with Gasteiger partial charge in [-0.1, -0.05) is 75.2 Å². The van der Waals surface area contributed by atoms with Gasteiger partial charge in [-0.2, -0.15) is 0 Å². The lowest BCUT2D eigenvalue weighted by molar-refractivity contribution is 0.477. The largest absolute Gasteiger partial charge is 0.307 e. The third-order valence-electron chi connectivity index (χ3n) is 5.80. The molecule has 1 aliphatic rings. The number of hydrogen-bond donors (Lipinski definition) is 1. The van der Waals surface area contributed by atoms with Gasteiger partial charge in [0.2, 0.25) is 0 Å². The van der Waals surface area contributed by atoms with Crippen molar-refractivity contribution in [1.82, 2.24) is 5.32 Å². The minimum Gasteiger partial charge on any atom is -0.307 e. The van der Waals surface area contributed by atoms with Crippen LogP contribution in [0.4, 0.5) is 0 Å². The summed E-state index contributed by atoms with van der Waals surface area (Å²) in [4.78, 5) is 0. The van der Waals surface area contributed by atoms with Crippen LogP contribution in [-0.4, -0.2) is 7.05 Å². The maximum Gasteiger partial charge on any atom is 0.0664 e. The lowest BCUT2D eigenvalue weighted by Crippen LogP contribution is -2.38. The van der Waals surface area contributed by atoms with Gasteiger partial charge in [0.05, 0.1) is 5.54 Å². The van der Waals surface area contributed by atoms with Crippen LogP contribution in [0, 0.1) is 5.92 Å². The van der Waals surface area contributed by atoms with Crippen LogP contribution in [0.5, 0.6) is 0 Å². The van der Waals surface area contributed by atoms with Crippen molar-refractivity contribution in [2.45, 2.75) is 57.9 Å². The van der Waals surface area contributed by atoms with E-state index >= 15 is 0 Å². The Morgan fingerprint density at radius 1 is 1.04 bits per heavy atom. The van der Waals surface area contributed by atoms with Crippen LogP contribution in [0.25, 0.3) is 0 Å². The molecule has 0 fully saturated rings. The lowest BCUT2D eigenvalue weighted by atomic mass is 9.81. The molecule has 0 heterocycles. The molecular formula is C23H31N. The third kappa shape index (κ3) is 3.15. The van der Waals surface area contributed by atoms with E-state index in [2.05, 4.69) is 81.7 Å². The molecule has 1 aliphatic carbocycles. The second kappa shape index (κ2) is 7.11. The Morgan fingerprint density at radius 3 is 2.42 bits per heavy atom. The monoisotopic (exact) mass is 321 g/mol. The molecule has 2 aromatic rings. The second-order valence-corrected chi connectivity index (χ2v) is 7.85. The smallest absolute Gasteiger partial charge is 0.0664 e. The molecule has 0 saturated heterocycles. The molecule has 0 radical (unpaired) electrons. The SMILES string of the molecule is CN[C@]1(C)c2ccccc2C[C@H](CCCC(C)C)c2ccccc21. The Bertz CT molecular complexity index is 688. The Balaban J connectivity index is 2.06. The Kier molecular flexibility index (Phi) is 5.10. The molecule has 0 aromatic heterocycles. The Labute approximate surface area is 147 Å². The van der Waals surface area contributed by atoms with Crippen LogP contribution >= 0.6 is 0 Å². The minimum atomic E-state index is -0.111. The molecule has 2 atom stereocenters. The first kappa shape index (κ1) is 17.2. The average molecular weight is 322 g/mol. The van der Waals surface area contributed by atoms with Crippen molar-refractivity contribution in [3.8, 4) is 0 Å². The van der Waals surface area contributed by atoms with Crippen molar-refractivity contribution in [3.05, 3.63) is 70.8 Å². The van der Waals surface area contributed by atoms with E-state index in [1.54, 1.807) is 0 Å². The predicted octanol–water partition coefficient (Wildman–Crippen LogP) is 5.64. The van der Waals surface area contributed by atoms with E-state index < -0.39 is 0 Å². The summed E-state index contributed by atoms with van der Waals surface area (Å²) < 4.78 is 0. The fraction of sp³-hybridized carbons (Fsp3) is 0.478. The third-order valence-corrected chi connectivity index (χ3v) is 5.80. The van der Waals surface area contributed by atoms with Crippen molar-refractivity contribution < 1.29 is 0 Å². The standard InChI is InChI=1S/C23H31N/c1-17(2)10-9-12-18-16-19-11-5-7-14-21(19)23(3,24-4)22-15-8-6-13-20(18)22/h5-8,11,13-15,17-18,24H,9-10,12,16H2,1-4H3/t18-,23+/m0/s1. The number of benzene rings is 2. The highest BCUT2D eigenvalue weighted by molar-refractivity contribution is 5.50. The molecule has 0 aliphatic heterocycles. The molecule has 0 spiro atoms. The highest BCUT2D eigenvalue weighted by Crippen LogP contribution is 2.42. The number of rotatable bonds is 5. The van der Waals surface area contributed by atoms with E-state index in [0.29, 0.717) is 5.92 Å². The van der Waals surface area contributed by atoms with E-state index in [-0.39, 0.29) is 5.54 Å². The lowest BCUT2D eigenvalue weighted by Gasteiger charge is -2.32. The minimum absolute atomic E-state index is 0.111. The zero-order chi connectivity index (χ0) is 17.2. The van der Waals surface area contributed by atoms with Crippen LogP contribution in [-0.2, 0) is 12.0 Å². The molecule has 0 unspecified atom stereocenters. The van der Waals surface area contributed by atoms with Crippen LogP contribution in [0.3, 0.4) is 0 Å². The summed E-state index contributed by atoms with van der Waals surface area (Å²) in [6, 6.07) is 18.1. The van der Waals surface area contributed by atoms with Crippen LogP contribution in [0.15, 0.2) is 48.5 Å². The van der Waals surface area contributed by atoms with E-state index in [1.807, 2.05) is 0 Å². The van der Waals surface area contributed by atoms with Crippen LogP contribution in [0.2, 0.25) is 0 Å². The van der Waals surface area contributed by atoms with Crippen LogP contribution < -0.4 is 5.32 Å². The van der Waals surface area contributed by atoms with Crippen molar-refractivity contribution >= 4 is 0 Å². The molecular weight excluding hydrogens is 290 g/mol. The highest BCUT2D eigenvalue weighted by Gasteiger charge is 2.35. The number of nitrogens with one attached hydrogen (secondary N) is 1. The zero-order valence-electron chi connectivity index (χ0n) is 15.6. The van der Waals surface area contributed by atoms with Crippen LogP contribution in [0.1, 0.15) is 68.2 Å². The molecule has 128 valence electrons. The molecule has 1 N–H and O–H groups in total. The van der Waals surface area contributed by atoms with E-state index in [4.69, 9.17) is 0 Å². The van der Waals surface area contributed by atoms with Gasteiger partial charge in [0, 0.05) is 0 Å². The molecule has 0 amide bonds. The van der Waals surface area contributed by atoms with Gasteiger partial charge in [0.25, 0.3) is 0 Å². The number of hydrogen-bond acceptors (Lipinski definition) is 1. The number of fused-ring (bicyclic) bond motifs is 2.